The monoisotopic (exact) mass is 292 g/mol. The van der Waals surface area contributed by atoms with E-state index in [4.69, 9.17) is 0 Å². The first-order valence-electron chi connectivity index (χ1n) is 7.11. The molecule has 0 spiro atoms. The molecule has 1 aromatic rings. The average Bonchev–Trinajstić information content (AvgIpc) is 2.97. The smallest absolute Gasteiger partial charge is 0.319 e. The van der Waals surface area contributed by atoms with Crippen molar-refractivity contribution in [3.8, 4) is 0 Å². The molecule has 0 radical (unpaired) electrons. The van der Waals surface area contributed by atoms with Crippen LogP contribution in [-0.2, 0) is 4.79 Å². The number of ketones is 1. The molecule has 0 bridgehead atoms. The number of nitro groups is 1. The fraction of sp³-hybridized carbons (Fsp3) is 0.615. The van der Waals surface area contributed by atoms with Crippen molar-refractivity contribution in [1.29, 1.82) is 0 Å². The van der Waals surface area contributed by atoms with E-state index in [0.717, 1.165) is 31.9 Å². The number of aromatic amines is 1. The molecule has 3 rings (SSSR count). The third-order valence-electron chi connectivity index (χ3n) is 4.43. The van der Waals surface area contributed by atoms with E-state index in [1.165, 1.54) is 0 Å². The molecular formula is C13H16N4O4. The summed E-state index contributed by atoms with van der Waals surface area (Å²) in [6.45, 7) is 0.328. The Morgan fingerprint density at radius 2 is 2.19 bits per heavy atom. The lowest BCUT2D eigenvalue weighted by atomic mass is 9.77. The number of aromatic nitrogens is 2. The molecule has 1 N–H and O–H groups in total. The average molecular weight is 292 g/mol. The summed E-state index contributed by atoms with van der Waals surface area (Å²) < 4.78 is 0. The summed E-state index contributed by atoms with van der Waals surface area (Å²) in [5, 5.41) is 16.9. The summed E-state index contributed by atoms with van der Waals surface area (Å²) in [5.41, 5.74) is -0.414. The van der Waals surface area contributed by atoms with Crippen LogP contribution in [0, 0.1) is 16.0 Å². The number of fused-ring (bicyclic) bond motifs is 1. The molecule has 0 aromatic carbocycles. The lowest BCUT2D eigenvalue weighted by Gasteiger charge is -2.42. The van der Waals surface area contributed by atoms with Crippen LogP contribution in [0.4, 0.5) is 5.69 Å². The van der Waals surface area contributed by atoms with Gasteiger partial charge in [0.05, 0.1) is 4.92 Å². The Morgan fingerprint density at radius 1 is 1.43 bits per heavy atom. The van der Waals surface area contributed by atoms with Gasteiger partial charge in [-0.1, -0.05) is 12.8 Å². The Hall–Kier alpha value is -2.25. The van der Waals surface area contributed by atoms with Crippen LogP contribution in [0.2, 0.25) is 0 Å². The molecule has 2 heterocycles. The van der Waals surface area contributed by atoms with Crippen molar-refractivity contribution in [2.75, 3.05) is 6.54 Å². The molecule has 2 aliphatic rings. The van der Waals surface area contributed by atoms with Gasteiger partial charge >= 0.3 is 5.69 Å². The van der Waals surface area contributed by atoms with Gasteiger partial charge in [0.2, 0.25) is 5.69 Å². The molecule has 2 atom stereocenters. The van der Waals surface area contributed by atoms with Crippen molar-refractivity contribution in [2.45, 2.75) is 38.1 Å². The molecule has 8 nitrogen and oxygen atoms in total. The quantitative estimate of drug-likeness (QED) is 0.652. The number of hydrogen-bond donors (Lipinski definition) is 1. The fourth-order valence-corrected chi connectivity index (χ4v) is 3.41. The maximum absolute atomic E-state index is 12.6. The summed E-state index contributed by atoms with van der Waals surface area (Å²) in [5.74, 6) is -0.329. The van der Waals surface area contributed by atoms with E-state index in [9.17, 15) is 19.7 Å². The predicted octanol–water partition coefficient (Wildman–Crippen LogP) is 1.29. The second-order valence-electron chi connectivity index (χ2n) is 5.56. The second-order valence-corrected chi connectivity index (χ2v) is 5.56. The molecule has 112 valence electrons. The van der Waals surface area contributed by atoms with E-state index in [2.05, 4.69) is 10.2 Å². The molecule has 8 heteroatoms. The van der Waals surface area contributed by atoms with Gasteiger partial charge in [-0.2, -0.15) is 5.10 Å². The van der Waals surface area contributed by atoms with E-state index in [1.54, 1.807) is 4.90 Å². The van der Waals surface area contributed by atoms with E-state index in [0.29, 0.717) is 13.0 Å². The normalized spacial score (nSPS) is 25.5. The van der Waals surface area contributed by atoms with Crippen LogP contribution in [0.5, 0.6) is 0 Å². The Bertz CT molecular complexity index is 597. The molecular weight excluding hydrogens is 276 g/mol. The number of nitrogens with one attached hydrogen (secondary N) is 1. The minimum Gasteiger partial charge on any atom is -0.333 e. The highest BCUT2D eigenvalue weighted by Crippen LogP contribution is 2.34. The van der Waals surface area contributed by atoms with Crippen LogP contribution in [0.25, 0.3) is 0 Å². The minimum atomic E-state index is -0.621. The highest BCUT2D eigenvalue weighted by Gasteiger charge is 2.42. The van der Waals surface area contributed by atoms with Crippen molar-refractivity contribution in [1.82, 2.24) is 15.1 Å². The van der Waals surface area contributed by atoms with E-state index in [1.807, 2.05) is 0 Å². The number of carbonyl (C=O) groups is 2. The number of rotatable bonds is 2. The SMILES string of the molecule is O=C1CCN(C(=O)c2[nH]ncc2[N+](=O)[O-])[C@@H]2CCCC[C@@H]12. The van der Waals surface area contributed by atoms with Gasteiger partial charge in [-0.05, 0) is 12.8 Å². The molecule has 1 aliphatic heterocycles. The molecule has 21 heavy (non-hydrogen) atoms. The highest BCUT2D eigenvalue weighted by atomic mass is 16.6. The molecule has 1 saturated heterocycles. The van der Waals surface area contributed by atoms with Gasteiger partial charge in [-0.15, -0.1) is 0 Å². The summed E-state index contributed by atoms with van der Waals surface area (Å²) >= 11 is 0. The maximum atomic E-state index is 12.6. The standard InChI is InChI=1S/C13H16N4O4/c18-11-5-6-16(9-4-2-1-3-8(9)11)13(19)12-10(17(20)21)7-14-15-12/h7-9H,1-6H2,(H,14,15)/t8-,9-/m1/s1. The number of Topliss-reactive ketones (excluding diaryl/α,β-unsaturated/α-hetero) is 1. The zero-order valence-corrected chi connectivity index (χ0v) is 11.4. The van der Waals surface area contributed by atoms with E-state index < -0.39 is 10.8 Å². The van der Waals surface area contributed by atoms with Crippen LogP contribution >= 0.6 is 0 Å². The largest absolute Gasteiger partial charge is 0.333 e. The van der Waals surface area contributed by atoms with Gasteiger partial charge in [-0.25, -0.2) is 0 Å². The van der Waals surface area contributed by atoms with E-state index in [-0.39, 0.29) is 29.1 Å². The Labute approximate surface area is 120 Å². The number of amides is 1. The number of H-pyrrole nitrogens is 1. The first-order chi connectivity index (χ1) is 10.1. The van der Waals surface area contributed by atoms with Crippen LogP contribution in [-0.4, -0.2) is 44.3 Å². The molecule has 2 fully saturated rings. The van der Waals surface area contributed by atoms with Crippen LogP contribution in [0.1, 0.15) is 42.6 Å². The number of carbonyl (C=O) groups excluding carboxylic acids is 2. The summed E-state index contributed by atoms with van der Waals surface area (Å²) in [6, 6.07) is -0.129. The van der Waals surface area contributed by atoms with Gasteiger partial charge < -0.3 is 4.90 Å². The van der Waals surface area contributed by atoms with Crippen molar-refractivity contribution in [2.24, 2.45) is 5.92 Å². The molecule has 1 saturated carbocycles. The Balaban J connectivity index is 1.88. The van der Waals surface area contributed by atoms with Crippen molar-refractivity contribution in [3.63, 3.8) is 0 Å². The fourth-order valence-electron chi connectivity index (χ4n) is 3.41. The van der Waals surface area contributed by atoms with Crippen molar-refractivity contribution in [3.05, 3.63) is 22.0 Å². The Kier molecular flexibility index (Phi) is 3.44. The van der Waals surface area contributed by atoms with Crippen LogP contribution < -0.4 is 0 Å². The first kappa shape index (κ1) is 13.7. The Morgan fingerprint density at radius 3 is 2.95 bits per heavy atom. The second kappa shape index (κ2) is 5.27. The third-order valence-corrected chi connectivity index (χ3v) is 4.43. The molecule has 1 amide bonds. The van der Waals surface area contributed by atoms with Gasteiger partial charge in [0.1, 0.15) is 12.0 Å². The van der Waals surface area contributed by atoms with E-state index >= 15 is 0 Å². The summed E-state index contributed by atoms with van der Waals surface area (Å²) in [6.07, 6.45) is 4.93. The lowest BCUT2D eigenvalue weighted by molar-refractivity contribution is -0.385. The predicted molar refractivity (Wildman–Crippen MR) is 71.6 cm³/mol. The minimum absolute atomic E-state index is 0.0985. The number of hydrogen-bond acceptors (Lipinski definition) is 5. The molecule has 1 aliphatic carbocycles. The number of likely N-dealkylation sites (tertiary alicyclic amines) is 1. The molecule has 1 aromatic heterocycles. The van der Waals surface area contributed by atoms with Gasteiger partial charge in [0.15, 0.2) is 0 Å². The number of piperidine rings is 1. The van der Waals surface area contributed by atoms with Crippen molar-refractivity contribution < 1.29 is 14.5 Å². The summed E-state index contributed by atoms with van der Waals surface area (Å²) in [4.78, 5) is 36.5. The topological polar surface area (TPSA) is 109 Å². The van der Waals surface area contributed by atoms with Crippen LogP contribution in [0.15, 0.2) is 6.20 Å². The first-order valence-corrected chi connectivity index (χ1v) is 7.11. The zero-order chi connectivity index (χ0) is 15.0. The van der Waals surface area contributed by atoms with Gasteiger partial charge in [0, 0.05) is 24.9 Å². The highest BCUT2D eigenvalue weighted by molar-refractivity contribution is 5.97. The van der Waals surface area contributed by atoms with Gasteiger partial charge in [0.25, 0.3) is 5.91 Å². The van der Waals surface area contributed by atoms with Crippen LogP contribution in [0.3, 0.4) is 0 Å². The number of nitrogens with zero attached hydrogens (tertiary/aromatic N) is 3. The summed E-state index contributed by atoms with van der Waals surface area (Å²) in [7, 11) is 0. The maximum Gasteiger partial charge on any atom is 0.319 e. The molecule has 0 unspecified atom stereocenters. The van der Waals surface area contributed by atoms with Gasteiger partial charge in [-0.3, -0.25) is 24.8 Å². The zero-order valence-electron chi connectivity index (χ0n) is 11.4. The van der Waals surface area contributed by atoms with Crippen molar-refractivity contribution >= 4 is 17.4 Å². The lowest BCUT2D eigenvalue weighted by Crippen LogP contribution is -2.53. The third kappa shape index (κ3) is 2.30.